The lowest BCUT2D eigenvalue weighted by Gasteiger charge is -2.33. The van der Waals surface area contributed by atoms with E-state index < -0.39 is 5.82 Å². The number of quaternary nitrogens is 1. The average Bonchev–Trinajstić information content (AvgIpc) is 2.73. The zero-order valence-electron chi connectivity index (χ0n) is 16.2. The molecule has 1 aliphatic rings. The van der Waals surface area contributed by atoms with Crippen molar-refractivity contribution < 1.29 is 14.1 Å². The Bertz CT molecular complexity index is 763. The molecule has 2 amide bonds. The molecule has 3 rings (SSSR count). The van der Waals surface area contributed by atoms with Crippen molar-refractivity contribution in [3.8, 4) is 0 Å². The molecular formula is C21H28FN4OS+. The summed E-state index contributed by atoms with van der Waals surface area (Å²) in [6.07, 6.45) is 3.00. The van der Waals surface area contributed by atoms with Crippen LogP contribution < -0.4 is 20.4 Å². The van der Waals surface area contributed by atoms with E-state index in [1.165, 1.54) is 16.6 Å². The van der Waals surface area contributed by atoms with Crippen LogP contribution in [-0.2, 0) is 0 Å². The molecule has 0 atom stereocenters. The molecule has 0 radical (unpaired) electrons. The SMILES string of the molecule is CSc1ccc(N2CC[NH+](CCCNC(=O)Nc3ccccc3F)CC2)cc1. The van der Waals surface area contributed by atoms with E-state index in [1.54, 1.807) is 34.9 Å². The Morgan fingerprint density at radius 2 is 1.86 bits per heavy atom. The molecule has 0 aromatic heterocycles. The van der Waals surface area contributed by atoms with Gasteiger partial charge in [0, 0.05) is 23.5 Å². The number of urea groups is 1. The first-order valence-corrected chi connectivity index (χ1v) is 10.9. The quantitative estimate of drug-likeness (QED) is 0.492. The third-order valence-electron chi connectivity index (χ3n) is 5.02. The lowest BCUT2D eigenvalue weighted by molar-refractivity contribution is -0.900. The molecule has 0 aliphatic carbocycles. The Labute approximate surface area is 170 Å². The van der Waals surface area contributed by atoms with Crippen molar-refractivity contribution in [3.05, 3.63) is 54.3 Å². The van der Waals surface area contributed by atoms with Gasteiger partial charge in [0.1, 0.15) is 5.82 Å². The maximum atomic E-state index is 13.5. The van der Waals surface area contributed by atoms with Gasteiger partial charge in [-0.3, -0.25) is 0 Å². The zero-order chi connectivity index (χ0) is 19.8. The second kappa shape index (κ2) is 10.3. The Morgan fingerprint density at radius 3 is 2.54 bits per heavy atom. The number of benzene rings is 2. The molecule has 0 bridgehead atoms. The number of anilines is 2. The maximum Gasteiger partial charge on any atom is 0.319 e. The van der Waals surface area contributed by atoms with E-state index in [1.807, 2.05) is 0 Å². The van der Waals surface area contributed by atoms with E-state index in [0.717, 1.165) is 39.1 Å². The van der Waals surface area contributed by atoms with Crippen LogP contribution in [0.15, 0.2) is 53.4 Å². The average molecular weight is 404 g/mol. The van der Waals surface area contributed by atoms with Crippen LogP contribution in [0.1, 0.15) is 6.42 Å². The molecule has 1 aliphatic heterocycles. The lowest BCUT2D eigenvalue weighted by Crippen LogP contribution is -3.15. The fourth-order valence-corrected chi connectivity index (χ4v) is 3.80. The number of thioether (sulfide) groups is 1. The summed E-state index contributed by atoms with van der Waals surface area (Å²) in [5, 5.41) is 5.34. The van der Waals surface area contributed by atoms with Gasteiger partial charge in [0.25, 0.3) is 0 Å². The number of halogens is 1. The number of rotatable bonds is 7. The van der Waals surface area contributed by atoms with Gasteiger partial charge in [0.15, 0.2) is 0 Å². The minimum atomic E-state index is -0.428. The smallest absolute Gasteiger partial charge is 0.319 e. The molecular weight excluding hydrogens is 375 g/mol. The van der Waals surface area contributed by atoms with Crippen LogP contribution in [0.3, 0.4) is 0 Å². The molecule has 1 heterocycles. The highest BCUT2D eigenvalue weighted by Gasteiger charge is 2.19. The predicted molar refractivity (Wildman–Crippen MR) is 114 cm³/mol. The van der Waals surface area contributed by atoms with Gasteiger partial charge in [-0.2, -0.15) is 0 Å². The van der Waals surface area contributed by atoms with Gasteiger partial charge in [-0.25, -0.2) is 9.18 Å². The number of carbonyl (C=O) groups excluding carboxylic acids is 1. The molecule has 7 heteroatoms. The molecule has 5 nitrogen and oxygen atoms in total. The largest absolute Gasteiger partial charge is 0.360 e. The summed E-state index contributed by atoms with van der Waals surface area (Å²) in [6.45, 7) is 5.92. The summed E-state index contributed by atoms with van der Waals surface area (Å²) < 4.78 is 13.5. The van der Waals surface area contributed by atoms with E-state index in [-0.39, 0.29) is 11.7 Å². The summed E-state index contributed by atoms with van der Waals surface area (Å²) in [5.74, 6) is -0.428. The normalized spacial score (nSPS) is 14.7. The summed E-state index contributed by atoms with van der Waals surface area (Å²) in [7, 11) is 0. The molecule has 1 saturated heterocycles. The van der Waals surface area contributed by atoms with Gasteiger partial charge in [0.2, 0.25) is 0 Å². The third kappa shape index (κ3) is 5.87. The second-order valence-electron chi connectivity index (χ2n) is 6.90. The Morgan fingerprint density at radius 1 is 1.14 bits per heavy atom. The standard InChI is InChI=1S/C21H27FN4OS/c1-28-18-9-7-17(8-10-18)26-15-13-25(14-16-26)12-4-11-23-21(27)24-20-6-3-2-5-19(20)22/h2-3,5-10H,4,11-16H2,1H3,(H2,23,24,27)/p+1. The highest BCUT2D eigenvalue weighted by atomic mass is 32.2. The first-order valence-electron chi connectivity index (χ1n) is 9.67. The summed E-state index contributed by atoms with van der Waals surface area (Å²) >= 11 is 1.76. The van der Waals surface area contributed by atoms with E-state index in [0.29, 0.717) is 6.54 Å². The second-order valence-corrected chi connectivity index (χ2v) is 7.78. The van der Waals surface area contributed by atoms with Crippen molar-refractivity contribution in [3.63, 3.8) is 0 Å². The Hall–Kier alpha value is -2.25. The number of piperazine rings is 1. The number of hydrogen-bond donors (Lipinski definition) is 3. The number of hydrogen-bond acceptors (Lipinski definition) is 3. The number of nitrogens with one attached hydrogen (secondary N) is 3. The molecule has 150 valence electrons. The zero-order valence-corrected chi connectivity index (χ0v) is 17.0. The number of nitrogens with zero attached hydrogens (tertiary/aromatic N) is 1. The summed E-state index contributed by atoms with van der Waals surface area (Å²) in [5.41, 5.74) is 1.50. The fourth-order valence-electron chi connectivity index (χ4n) is 3.39. The van der Waals surface area contributed by atoms with E-state index in [2.05, 4.69) is 46.1 Å². The third-order valence-corrected chi connectivity index (χ3v) is 5.77. The van der Waals surface area contributed by atoms with Crippen molar-refractivity contribution in [2.24, 2.45) is 0 Å². The van der Waals surface area contributed by atoms with Crippen LogP contribution in [0.25, 0.3) is 0 Å². The maximum absolute atomic E-state index is 13.5. The molecule has 0 unspecified atom stereocenters. The lowest BCUT2D eigenvalue weighted by atomic mass is 10.2. The van der Waals surface area contributed by atoms with Crippen molar-refractivity contribution in [1.82, 2.24) is 5.32 Å². The monoisotopic (exact) mass is 403 g/mol. The minimum Gasteiger partial charge on any atom is -0.360 e. The van der Waals surface area contributed by atoms with Gasteiger partial charge in [-0.05, 0) is 42.7 Å². The number of carbonyl (C=O) groups is 1. The van der Waals surface area contributed by atoms with Gasteiger partial charge in [0.05, 0.1) is 38.4 Å². The molecule has 1 fully saturated rings. The topological polar surface area (TPSA) is 48.8 Å². The van der Waals surface area contributed by atoms with Crippen LogP contribution in [-0.4, -0.2) is 51.6 Å². The fraction of sp³-hybridized carbons (Fsp3) is 0.381. The van der Waals surface area contributed by atoms with Gasteiger partial charge < -0.3 is 20.4 Å². The van der Waals surface area contributed by atoms with Crippen molar-refractivity contribution in [1.29, 1.82) is 0 Å². The van der Waals surface area contributed by atoms with E-state index in [9.17, 15) is 9.18 Å². The van der Waals surface area contributed by atoms with Gasteiger partial charge in [-0.15, -0.1) is 11.8 Å². The highest BCUT2D eigenvalue weighted by Crippen LogP contribution is 2.20. The molecule has 0 saturated carbocycles. The first kappa shape index (κ1) is 20.5. The van der Waals surface area contributed by atoms with Crippen molar-refractivity contribution in [2.45, 2.75) is 11.3 Å². The van der Waals surface area contributed by atoms with Crippen molar-refractivity contribution in [2.75, 3.05) is 55.7 Å². The highest BCUT2D eigenvalue weighted by molar-refractivity contribution is 7.98. The molecule has 3 N–H and O–H groups in total. The molecule has 2 aromatic carbocycles. The van der Waals surface area contributed by atoms with Crippen LogP contribution in [0.5, 0.6) is 0 Å². The van der Waals surface area contributed by atoms with Crippen LogP contribution >= 0.6 is 11.8 Å². The molecule has 0 spiro atoms. The van der Waals surface area contributed by atoms with Gasteiger partial charge >= 0.3 is 6.03 Å². The van der Waals surface area contributed by atoms with Gasteiger partial charge in [-0.1, -0.05) is 12.1 Å². The molecule has 28 heavy (non-hydrogen) atoms. The summed E-state index contributed by atoms with van der Waals surface area (Å²) in [6, 6.07) is 14.6. The minimum absolute atomic E-state index is 0.201. The molecule has 2 aromatic rings. The van der Waals surface area contributed by atoms with Crippen LogP contribution in [0.4, 0.5) is 20.6 Å². The van der Waals surface area contributed by atoms with E-state index >= 15 is 0 Å². The Balaban J connectivity index is 1.32. The van der Waals surface area contributed by atoms with Crippen molar-refractivity contribution >= 4 is 29.2 Å². The first-order chi connectivity index (χ1) is 13.7. The predicted octanol–water partition coefficient (Wildman–Crippen LogP) is 2.46. The number of para-hydroxylation sites is 1. The van der Waals surface area contributed by atoms with Crippen LogP contribution in [0.2, 0.25) is 0 Å². The number of amides is 2. The summed E-state index contributed by atoms with van der Waals surface area (Å²) in [4.78, 5) is 17.2. The van der Waals surface area contributed by atoms with E-state index in [4.69, 9.17) is 0 Å². The van der Waals surface area contributed by atoms with Crippen LogP contribution in [0, 0.1) is 5.82 Å². The Kier molecular flexibility index (Phi) is 7.56.